The summed E-state index contributed by atoms with van der Waals surface area (Å²) in [6.45, 7) is 1.74. The zero-order valence-electron chi connectivity index (χ0n) is 8.02. The minimum Gasteiger partial charge on any atom is -0.332 e. The molecule has 1 heterocycles. The molecule has 0 spiro atoms. The van der Waals surface area contributed by atoms with Crippen LogP contribution < -0.4 is 10.6 Å². The lowest BCUT2D eigenvalue weighted by Gasteiger charge is -2.34. The summed E-state index contributed by atoms with van der Waals surface area (Å²) in [5.41, 5.74) is 0.862. The molecule has 0 saturated heterocycles. The van der Waals surface area contributed by atoms with Crippen LogP contribution in [-0.2, 0) is 4.57 Å². The van der Waals surface area contributed by atoms with E-state index >= 15 is 0 Å². The normalized spacial score (nSPS) is 25.6. The van der Waals surface area contributed by atoms with Crippen molar-refractivity contribution in [1.82, 2.24) is 4.67 Å². The van der Waals surface area contributed by atoms with Gasteiger partial charge < -0.3 is 5.32 Å². The molecule has 0 saturated carbocycles. The SMILES string of the molecule is CN1C(=S)Nc2ccccc2P1(C)=O. The van der Waals surface area contributed by atoms with Gasteiger partial charge in [0.1, 0.15) is 0 Å². The van der Waals surface area contributed by atoms with E-state index in [1.54, 1.807) is 18.4 Å². The molecule has 1 aromatic rings. The highest BCUT2D eigenvalue weighted by Gasteiger charge is 2.32. The van der Waals surface area contributed by atoms with Gasteiger partial charge in [-0.15, -0.1) is 0 Å². The largest absolute Gasteiger partial charge is 0.332 e. The zero-order valence-corrected chi connectivity index (χ0v) is 9.73. The van der Waals surface area contributed by atoms with Crippen molar-refractivity contribution in [2.45, 2.75) is 0 Å². The maximum absolute atomic E-state index is 12.4. The molecule has 0 radical (unpaired) electrons. The van der Waals surface area contributed by atoms with Gasteiger partial charge in [-0.2, -0.15) is 0 Å². The van der Waals surface area contributed by atoms with Crippen LogP contribution in [0.1, 0.15) is 0 Å². The highest BCUT2D eigenvalue weighted by Crippen LogP contribution is 2.48. The Bertz CT molecular complexity index is 446. The Morgan fingerprint density at radius 1 is 1.43 bits per heavy atom. The van der Waals surface area contributed by atoms with Gasteiger partial charge in [0.15, 0.2) is 5.11 Å². The molecule has 1 unspecified atom stereocenters. The van der Waals surface area contributed by atoms with Crippen molar-refractivity contribution in [1.29, 1.82) is 0 Å². The van der Waals surface area contributed by atoms with Crippen molar-refractivity contribution in [3.05, 3.63) is 24.3 Å². The van der Waals surface area contributed by atoms with Crippen molar-refractivity contribution in [2.75, 3.05) is 19.0 Å². The van der Waals surface area contributed by atoms with Crippen LogP contribution in [0.5, 0.6) is 0 Å². The summed E-state index contributed by atoms with van der Waals surface area (Å²) in [7, 11) is -0.738. The lowest BCUT2D eigenvalue weighted by molar-refractivity contribution is 0.555. The molecular weight excluding hydrogens is 215 g/mol. The number of rotatable bonds is 0. The Kier molecular flexibility index (Phi) is 2.13. The Hall–Kier alpha value is -0.860. The third kappa shape index (κ3) is 1.26. The van der Waals surface area contributed by atoms with Crippen LogP contribution in [0.15, 0.2) is 24.3 Å². The zero-order chi connectivity index (χ0) is 10.3. The summed E-state index contributed by atoms with van der Waals surface area (Å²) in [6.07, 6.45) is 0. The van der Waals surface area contributed by atoms with E-state index < -0.39 is 7.29 Å². The first kappa shape index (κ1) is 9.69. The van der Waals surface area contributed by atoms with E-state index in [0.717, 1.165) is 11.0 Å². The first-order valence-electron chi connectivity index (χ1n) is 4.26. The monoisotopic (exact) mass is 226 g/mol. The minimum atomic E-state index is -2.49. The number of fused-ring (bicyclic) bond motifs is 1. The van der Waals surface area contributed by atoms with Gasteiger partial charge in [-0.25, -0.2) is 0 Å². The molecule has 3 nitrogen and oxygen atoms in total. The Morgan fingerprint density at radius 3 is 2.79 bits per heavy atom. The average molecular weight is 226 g/mol. The van der Waals surface area contributed by atoms with Crippen LogP contribution in [0, 0.1) is 0 Å². The summed E-state index contributed by atoms with van der Waals surface area (Å²) in [6, 6.07) is 7.56. The predicted molar refractivity (Wildman–Crippen MR) is 63.6 cm³/mol. The second-order valence-corrected chi connectivity index (χ2v) is 6.58. The van der Waals surface area contributed by atoms with Crippen molar-refractivity contribution in [2.24, 2.45) is 0 Å². The topological polar surface area (TPSA) is 32.3 Å². The molecular formula is C9H11N2OPS. The molecule has 0 fully saturated rings. The highest BCUT2D eigenvalue weighted by molar-refractivity contribution is 7.82. The lowest BCUT2D eigenvalue weighted by atomic mass is 10.3. The smallest absolute Gasteiger partial charge is 0.201 e. The fraction of sp³-hybridized carbons (Fsp3) is 0.222. The molecule has 1 N–H and O–H groups in total. The number of hydrogen-bond donors (Lipinski definition) is 1. The van der Waals surface area contributed by atoms with E-state index in [2.05, 4.69) is 5.32 Å². The molecule has 0 amide bonds. The maximum Gasteiger partial charge on any atom is 0.201 e. The second-order valence-electron chi connectivity index (χ2n) is 3.35. The van der Waals surface area contributed by atoms with Crippen LogP contribution in [0.4, 0.5) is 5.69 Å². The van der Waals surface area contributed by atoms with E-state index in [-0.39, 0.29) is 0 Å². The summed E-state index contributed by atoms with van der Waals surface area (Å²) >= 11 is 5.10. The van der Waals surface area contributed by atoms with Gasteiger partial charge in [0.2, 0.25) is 7.29 Å². The van der Waals surface area contributed by atoms with E-state index in [0.29, 0.717) is 5.11 Å². The maximum atomic E-state index is 12.4. The summed E-state index contributed by atoms with van der Waals surface area (Å²) in [5.74, 6) is 0. The quantitative estimate of drug-likeness (QED) is 0.540. The average Bonchev–Trinajstić information content (AvgIpc) is 2.15. The Labute approximate surface area is 88.5 Å². The van der Waals surface area contributed by atoms with Crippen LogP contribution in [-0.4, -0.2) is 23.5 Å². The van der Waals surface area contributed by atoms with Gasteiger partial charge in [-0.05, 0) is 24.4 Å². The molecule has 0 bridgehead atoms. The fourth-order valence-corrected chi connectivity index (χ4v) is 3.71. The third-order valence-electron chi connectivity index (χ3n) is 2.46. The molecule has 0 aromatic heterocycles. The minimum absolute atomic E-state index is 0.523. The first-order valence-corrected chi connectivity index (χ1v) is 6.77. The summed E-state index contributed by atoms with van der Waals surface area (Å²) in [4.78, 5) is 0. The third-order valence-corrected chi connectivity index (χ3v) is 5.60. The summed E-state index contributed by atoms with van der Waals surface area (Å²) < 4.78 is 14.0. The predicted octanol–water partition coefficient (Wildman–Crippen LogP) is 1.86. The molecule has 1 aliphatic heterocycles. The molecule has 5 heteroatoms. The van der Waals surface area contributed by atoms with Gasteiger partial charge >= 0.3 is 0 Å². The van der Waals surface area contributed by atoms with Gasteiger partial charge in [-0.1, -0.05) is 12.1 Å². The number of hydrogen-bond acceptors (Lipinski definition) is 2. The van der Waals surface area contributed by atoms with Crippen molar-refractivity contribution >= 4 is 35.6 Å². The molecule has 1 aromatic carbocycles. The van der Waals surface area contributed by atoms with E-state index in [9.17, 15) is 4.57 Å². The number of para-hydroxylation sites is 1. The van der Waals surface area contributed by atoms with Crippen molar-refractivity contribution in [3.63, 3.8) is 0 Å². The van der Waals surface area contributed by atoms with Crippen LogP contribution >= 0.6 is 19.5 Å². The Morgan fingerprint density at radius 2 is 2.07 bits per heavy atom. The van der Waals surface area contributed by atoms with Gasteiger partial charge in [0.05, 0.1) is 11.0 Å². The number of benzene rings is 1. The van der Waals surface area contributed by atoms with E-state index in [1.165, 1.54) is 0 Å². The molecule has 1 aliphatic rings. The van der Waals surface area contributed by atoms with Crippen LogP contribution in [0.25, 0.3) is 0 Å². The molecule has 14 heavy (non-hydrogen) atoms. The molecule has 1 atom stereocenters. The van der Waals surface area contributed by atoms with E-state index in [4.69, 9.17) is 12.2 Å². The first-order chi connectivity index (χ1) is 6.53. The number of thiocarbonyl (C=S) groups is 1. The van der Waals surface area contributed by atoms with Crippen LogP contribution in [0.2, 0.25) is 0 Å². The standard InChI is InChI=1S/C9H11N2OPS/c1-11-9(14)10-7-5-3-4-6-8(7)13(11,2)12/h3-6H,1-2H3,(H,10,14). The van der Waals surface area contributed by atoms with Crippen LogP contribution in [0.3, 0.4) is 0 Å². The van der Waals surface area contributed by atoms with Crippen molar-refractivity contribution in [3.8, 4) is 0 Å². The van der Waals surface area contributed by atoms with Gasteiger partial charge in [0, 0.05) is 13.7 Å². The number of nitrogens with zero attached hydrogens (tertiary/aromatic N) is 1. The molecule has 0 aliphatic carbocycles. The van der Waals surface area contributed by atoms with Gasteiger partial charge in [0.25, 0.3) is 0 Å². The molecule has 74 valence electrons. The van der Waals surface area contributed by atoms with Gasteiger partial charge in [-0.3, -0.25) is 9.24 Å². The lowest BCUT2D eigenvalue weighted by Crippen LogP contribution is -2.38. The number of nitrogens with one attached hydrogen (secondary N) is 1. The Balaban J connectivity index is 2.66. The highest BCUT2D eigenvalue weighted by atomic mass is 32.1. The van der Waals surface area contributed by atoms with Crippen molar-refractivity contribution < 1.29 is 4.57 Å². The summed E-state index contributed by atoms with van der Waals surface area (Å²) in [5, 5.41) is 4.42. The fourth-order valence-electron chi connectivity index (χ4n) is 1.47. The second kappa shape index (κ2) is 3.07. The number of anilines is 1. The van der Waals surface area contributed by atoms with E-state index in [1.807, 2.05) is 24.3 Å². The molecule has 2 rings (SSSR count).